The summed E-state index contributed by atoms with van der Waals surface area (Å²) in [5.41, 5.74) is 2.66. The van der Waals surface area contributed by atoms with E-state index in [-0.39, 0.29) is 5.78 Å². The van der Waals surface area contributed by atoms with Crippen LogP contribution in [0.1, 0.15) is 22.8 Å². The molecule has 1 spiro atoms. The zero-order chi connectivity index (χ0) is 12.6. The number of Topliss-reactive ketones (excluding diaryl/α,β-unsaturated/α-hetero) is 1. The van der Waals surface area contributed by atoms with Crippen LogP contribution in [0.3, 0.4) is 0 Å². The van der Waals surface area contributed by atoms with Crippen molar-refractivity contribution in [2.75, 3.05) is 0 Å². The molecule has 10 aliphatic heterocycles. The fourth-order valence-electron chi connectivity index (χ4n) is 17.9. The van der Waals surface area contributed by atoms with Gasteiger partial charge in [-0.3, -0.25) is 0 Å². The van der Waals surface area contributed by atoms with Gasteiger partial charge in [0.25, 0.3) is 0 Å². The molecule has 0 N–H and O–H groups in total. The van der Waals surface area contributed by atoms with Crippen molar-refractivity contribution in [3.05, 3.63) is 35.4 Å². The van der Waals surface area contributed by atoms with Crippen LogP contribution in [-0.2, 0) is 10.8 Å². The van der Waals surface area contributed by atoms with Crippen molar-refractivity contribution >= 4 is 5.78 Å². The monoisotopic (exact) mass is 304 g/mol. The van der Waals surface area contributed by atoms with E-state index in [4.69, 9.17) is 0 Å². The minimum atomic E-state index is -2.96. The van der Waals surface area contributed by atoms with E-state index < -0.39 is 6.51 Å². The quantitative estimate of drug-likeness (QED) is 0.572. The van der Waals surface area contributed by atoms with Crippen molar-refractivity contribution in [1.29, 1.82) is 0 Å². The average molecular weight is 304 g/mol. The second-order valence-corrected chi connectivity index (χ2v) is 35.4. The number of carbonyl (C=O) groups is 1. The standard InChI is InChI=1S/C13H11O.C5H5.Fe/c1-10(14)11-6-8-13(9-7-11)12-4-2-3-5-12;1-2-4-5-3-1;/h2-9H,1H3;1-5H;. The van der Waals surface area contributed by atoms with E-state index in [1.54, 1.807) is 12.5 Å². The molecule has 0 bridgehead atoms. The van der Waals surface area contributed by atoms with E-state index >= 15 is 0 Å². The summed E-state index contributed by atoms with van der Waals surface area (Å²) in [7, 11) is 0. The van der Waals surface area contributed by atoms with Gasteiger partial charge in [0.1, 0.15) is 0 Å². The molecule has 0 aromatic heterocycles. The van der Waals surface area contributed by atoms with Crippen LogP contribution in [0.25, 0.3) is 0 Å². The maximum absolute atomic E-state index is 11.5. The molecular formula is C18H16FeO. The van der Waals surface area contributed by atoms with Crippen LogP contribution in [0, 0.1) is 0 Å². The molecule has 0 aliphatic carbocycles. The molecule has 20 heavy (non-hydrogen) atoms. The van der Waals surface area contributed by atoms with Crippen LogP contribution in [0.2, 0.25) is 43.3 Å². The van der Waals surface area contributed by atoms with Crippen LogP contribution in [0.15, 0.2) is 24.3 Å². The van der Waals surface area contributed by atoms with Crippen LogP contribution < -0.4 is 0 Å². The summed E-state index contributed by atoms with van der Waals surface area (Å²) in [6.45, 7) is -1.27. The average Bonchev–Trinajstić information content (AvgIpc) is 3.39. The van der Waals surface area contributed by atoms with E-state index in [1.165, 1.54) is 43.3 Å². The summed E-state index contributed by atoms with van der Waals surface area (Å²) in [4.78, 5) is 24.0. The molecule has 0 saturated carbocycles. The molecule has 10 saturated heterocycles. The van der Waals surface area contributed by atoms with E-state index in [0.29, 0.717) is 0 Å². The summed E-state index contributed by atoms with van der Waals surface area (Å²) >= 11 is 0. The fraction of sp³-hybridized carbons (Fsp3) is 0.611. The van der Waals surface area contributed by atoms with Crippen molar-refractivity contribution in [1.82, 2.24) is 0 Å². The van der Waals surface area contributed by atoms with Gasteiger partial charge in [0.2, 0.25) is 0 Å². The molecule has 1 nitrogen and oxygen atoms in total. The Hall–Kier alpha value is -0.591. The number of hydrogen-bond acceptors (Lipinski definition) is 1. The summed E-state index contributed by atoms with van der Waals surface area (Å²) in [5, 5.41) is 0. The third-order valence-corrected chi connectivity index (χ3v) is 58.8. The Kier molecular flexibility index (Phi) is 0.260. The van der Waals surface area contributed by atoms with Crippen LogP contribution in [-0.4, -0.2) is 5.78 Å². The fourth-order valence-corrected chi connectivity index (χ4v) is 92.2. The Bertz CT molecular complexity index is 1160. The molecule has 1 aromatic carbocycles. The topological polar surface area (TPSA) is 17.1 Å². The van der Waals surface area contributed by atoms with Gasteiger partial charge in [0, 0.05) is 0 Å². The van der Waals surface area contributed by atoms with E-state index in [9.17, 15) is 4.79 Å². The number of hydrogen-bond donors (Lipinski definition) is 0. The van der Waals surface area contributed by atoms with Crippen molar-refractivity contribution < 1.29 is 11.3 Å². The first-order valence-electron chi connectivity index (χ1n) is 8.28. The molecule has 4 unspecified atom stereocenters. The molecule has 1 aromatic rings. The van der Waals surface area contributed by atoms with Gasteiger partial charge in [-0.15, -0.1) is 0 Å². The molecule has 4 atom stereocenters. The first-order chi connectivity index (χ1) is 9.46. The molecule has 11 rings (SSSR count). The van der Waals surface area contributed by atoms with Gasteiger partial charge in [-0.2, -0.15) is 0 Å². The van der Waals surface area contributed by atoms with E-state index in [2.05, 4.69) is 24.3 Å². The maximum atomic E-state index is 11.5. The van der Waals surface area contributed by atoms with E-state index in [0.717, 1.165) is 9.88 Å². The van der Waals surface area contributed by atoms with Gasteiger partial charge < -0.3 is 0 Å². The van der Waals surface area contributed by atoms with Gasteiger partial charge in [0.05, 0.1) is 0 Å². The number of carbonyl (C=O) groups excluding carboxylic acids is 1. The second-order valence-electron chi connectivity index (χ2n) is 11.8. The van der Waals surface area contributed by atoms with Gasteiger partial charge in [-0.25, -0.2) is 0 Å². The summed E-state index contributed by atoms with van der Waals surface area (Å²) in [6, 6.07) is 9.09. The second kappa shape index (κ2) is 0.683. The number of ketones is 1. The van der Waals surface area contributed by atoms with Gasteiger partial charge in [-0.1, -0.05) is 0 Å². The molecule has 2 heteroatoms. The van der Waals surface area contributed by atoms with Gasteiger partial charge in [0.15, 0.2) is 0 Å². The number of benzene rings is 1. The van der Waals surface area contributed by atoms with Gasteiger partial charge >= 0.3 is 107 Å². The Labute approximate surface area is 107 Å². The van der Waals surface area contributed by atoms with Crippen molar-refractivity contribution in [3.63, 3.8) is 0 Å². The zero-order valence-corrected chi connectivity index (χ0v) is 12.4. The molecule has 0 amide bonds. The van der Waals surface area contributed by atoms with Crippen LogP contribution in [0.4, 0.5) is 0 Å². The molecule has 10 heterocycles. The Morgan fingerprint density at radius 3 is 1.70 bits per heavy atom. The summed E-state index contributed by atoms with van der Waals surface area (Å²) in [6.07, 6.45) is 0. The summed E-state index contributed by atoms with van der Waals surface area (Å²) in [5.74, 6) is 0.224. The van der Waals surface area contributed by atoms with E-state index in [1.807, 2.05) is 0 Å². The third-order valence-electron chi connectivity index (χ3n) is 16.4. The Morgan fingerprint density at radius 1 is 0.900 bits per heavy atom. The zero-order valence-electron chi connectivity index (χ0n) is 11.3. The van der Waals surface area contributed by atoms with Crippen molar-refractivity contribution in [2.24, 2.45) is 0 Å². The van der Waals surface area contributed by atoms with Gasteiger partial charge in [-0.05, 0) is 0 Å². The summed E-state index contributed by atoms with van der Waals surface area (Å²) < 4.78 is 0.856. The molecule has 10 fully saturated rings. The normalized spacial score (nSPS) is 103. The Morgan fingerprint density at radius 2 is 1.40 bits per heavy atom. The number of fused-ring (bicyclic) bond motifs is 10. The molecular weight excluding hydrogens is 288 g/mol. The van der Waals surface area contributed by atoms with Crippen molar-refractivity contribution in [2.45, 2.75) is 54.6 Å². The molecule has 102 valence electrons. The predicted molar refractivity (Wildman–Crippen MR) is 71.9 cm³/mol. The van der Waals surface area contributed by atoms with Crippen molar-refractivity contribution in [3.8, 4) is 0 Å². The number of rotatable bonds is 2. The van der Waals surface area contributed by atoms with Crippen LogP contribution >= 0.6 is 0 Å². The predicted octanol–water partition coefficient (Wildman–Crippen LogP) is 4.69. The van der Waals surface area contributed by atoms with Crippen LogP contribution in [0.5, 0.6) is 0 Å². The first-order valence-corrected chi connectivity index (χ1v) is 14.6. The Balaban J connectivity index is 1.39. The minimum absolute atomic E-state index is 0.224. The molecule has 10 aliphatic rings. The molecule has 0 radical (unpaired) electrons. The third kappa shape index (κ3) is 0.0868. The first kappa shape index (κ1) is 7.61. The SMILES string of the molecule is CC(=O)c1ccc([C]23[CH]4[CH]5[CH]6[CH]2[Fe]56432789[CH]3[CH]2[CH]7[CH]8[CH]39)cc1.